The maximum Gasteiger partial charge on any atom is 0.217 e. The van der Waals surface area contributed by atoms with Gasteiger partial charge in [-0.25, -0.2) is 0 Å². The molecule has 0 aliphatic heterocycles. The Kier molecular flexibility index (Phi) is 4.32. The number of hydrogen-bond acceptors (Lipinski definition) is 2. The van der Waals surface area contributed by atoms with E-state index in [1.807, 2.05) is 0 Å². The van der Waals surface area contributed by atoms with Crippen LogP contribution in [0.3, 0.4) is 0 Å². The van der Waals surface area contributed by atoms with Gasteiger partial charge in [-0.05, 0) is 31.6 Å². The highest BCUT2D eigenvalue weighted by Gasteiger charge is 2.40. The van der Waals surface area contributed by atoms with Gasteiger partial charge >= 0.3 is 0 Å². The summed E-state index contributed by atoms with van der Waals surface area (Å²) in [6, 6.07) is 0. The van der Waals surface area contributed by atoms with Crippen LogP contribution in [0.15, 0.2) is 0 Å². The molecule has 15 heavy (non-hydrogen) atoms. The number of nitrogens with one attached hydrogen (secondary N) is 1. The zero-order chi connectivity index (χ0) is 11.5. The topological polar surface area (TPSA) is 46.2 Å². The zero-order valence-corrected chi connectivity index (χ0v) is 10.9. The molecule has 1 fully saturated rings. The summed E-state index contributed by atoms with van der Waals surface area (Å²) in [7, 11) is 0. The third-order valence-electron chi connectivity index (χ3n) is 3.20. The van der Waals surface area contributed by atoms with Crippen molar-refractivity contribution in [2.75, 3.05) is 5.33 Å². The molecule has 0 aromatic heterocycles. The number of carbonyl (C=O) groups excluding carboxylic acids is 2. The Morgan fingerprint density at radius 2 is 1.93 bits per heavy atom. The van der Waals surface area contributed by atoms with Gasteiger partial charge in [0.25, 0.3) is 0 Å². The van der Waals surface area contributed by atoms with E-state index < -0.39 is 5.54 Å². The zero-order valence-electron chi connectivity index (χ0n) is 9.31. The van der Waals surface area contributed by atoms with E-state index in [1.54, 1.807) is 0 Å². The minimum Gasteiger partial charge on any atom is -0.344 e. The van der Waals surface area contributed by atoms with Gasteiger partial charge in [0.05, 0.1) is 10.9 Å². The molecule has 1 rings (SSSR count). The monoisotopic (exact) mass is 275 g/mol. The van der Waals surface area contributed by atoms with Crippen molar-refractivity contribution in [3.05, 3.63) is 0 Å². The minimum absolute atomic E-state index is 0.101. The first-order chi connectivity index (χ1) is 7.00. The summed E-state index contributed by atoms with van der Waals surface area (Å²) in [6.45, 7) is 3.66. The molecule has 0 spiro atoms. The van der Waals surface area contributed by atoms with Crippen LogP contribution >= 0.6 is 15.9 Å². The second-order valence-corrected chi connectivity index (χ2v) is 5.06. The Hall–Kier alpha value is -0.380. The molecule has 1 aliphatic rings. The van der Waals surface area contributed by atoms with Crippen LogP contribution in [0.25, 0.3) is 0 Å². The van der Waals surface area contributed by atoms with E-state index in [9.17, 15) is 9.59 Å². The molecule has 0 aromatic carbocycles. The molecule has 1 saturated carbocycles. The molecule has 0 unspecified atom stereocenters. The van der Waals surface area contributed by atoms with Gasteiger partial charge in [0.15, 0.2) is 5.78 Å². The third-order valence-corrected chi connectivity index (χ3v) is 3.71. The molecule has 1 amide bonds. The molecule has 1 N–H and O–H groups in total. The SMILES string of the molecule is CC(=O)NC1(C(=O)CBr)CCC(C)CC1. The summed E-state index contributed by atoms with van der Waals surface area (Å²) >= 11 is 3.19. The Balaban J connectivity index is 2.77. The fourth-order valence-corrected chi connectivity index (χ4v) is 2.73. The number of rotatable bonds is 3. The number of Topliss-reactive ketones (excluding diaryl/α,β-unsaturated/α-hetero) is 1. The predicted octanol–water partition coefficient (Wildman–Crippen LogP) is 2.04. The van der Waals surface area contributed by atoms with Gasteiger partial charge in [-0.1, -0.05) is 22.9 Å². The average Bonchev–Trinajstić information content (AvgIpc) is 2.20. The lowest BCUT2D eigenvalue weighted by Gasteiger charge is -2.38. The molecular weight excluding hydrogens is 258 g/mol. The van der Waals surface area contributed by atoms with Gasteiger partial charge in [-0.2, -0.15) is 0 Å². The molecule has 3 nitrogen and oxygen atoms in total. The first-order valence-corrected chi connectivity index (χ1v) is 6.50. The van der Waals surface area contributed by atoms with Crippen molar-refractivity contribution >= 4 is 27.6 Å². The second kappa shape index (κ2) is 5.10. The fraction of sp³-hybridized carbons (Fsp3) is 0.818. The summed E-state index contributed by atoms with van der Waals surface area (Å²) in [5.41, 5.74) is -0.595. The molecule has 86 valence electrons. The fourth-order valence-electron chi connectivity index (χ4n) is 2.19. The van der Waals surface area contributed by atoms with Crippen LogP contribution in [0.1, 0.15) is 39.5 Å². The van der Waals surface area contributed by atoms with Crippen LogP contribution in [-0.2, 0) is 9.59 Å². The van der Waals surface area contributed by atoms with Crippen LogP contribution in [-0.4, -0.2) is 22.6 Å². The Labute approximate surface area is 99.1 Å². The molecule has 0 bridgehead atoms. The van der Waals surface area contributed by atoms with Gasteiger partial charge in [0.2, 0.25) is 5.91 Å². The lowest BCUT2D eigenvalue weighted by Crippen LogP contribution is -2.56. The quantitative estimate of drug-likeness (QED) is 0.802. The van der Waals surface area contributed by atoms with Crippen molar-refractivity contribution < 1.29 is 9.59 Å². The number of alkyl halides is 1. The van der Waals surface area contributed by atoms with Gasteiger partial charge in [-0.3, -0.25) is 9.59 Å². The van der Waals surface area contributed by atoms with Crippen LogP contribution < -0.4 is 5.32 Å². The normalized spacial score (nSPS) is 31.0. The van der Waals surface area contributed by atoms with Gasteiger partial charge in [0, 0.05) is 6.92 Å². The largest absolute Gasteiger partial charge is 0.344 e. The molecule has 0 radical (unpaired) electrons. The molecule has 1 aliphatic carbocycles. The summed E-state index contributed by atoms with van der Waals surface area (Å²) in [5.74, 6) is 0.651. The van der Waals surface area contributed by atoms with E-state index in [2.05, 4.69) is 28.2 Å². The molecule has 0 atom stereocenters. The van der Waals surface area contributed by atoms with Crippen molar-refractivity contribution in [1.82, 2.24) is 5.32 Å². The van der Waals surface area contributed by atoms with Crippen molar-refractivity contribution in [3.8, 4) is 0 Å². The maximum absolute atomic E-state index is 11.9. The second-order valence-electron chi connectivity index (χ2n) is 4.50. The van der Waals surface area contributed by atoms with Gasteiger partial charge in [0.1, 0.15) is 0 Å². The average molecular weight is 276 g/mol. The van der Waals surface area contributed by atoms with E-state index in [0.29, 0.717) is 11.2 Å². The van der Waals surface area contributed by atoms with Gasteiger partial charge in [-0.15, -0.1) is 0 Å². The highest BCUT2D eigenvalue weighted by molar-refractivity contribution is 9.09. The number of hydrogen-bond donors (Lipinski definition) is 1. The molecule has 0 saturated heterocycles. The van der Waals surface area contributed by atoms with E-state index >= 15 is 0 Å². The van der Waals surface area contributed by atoms with E-state index in [4.69, 9.17) is 0 Å². The Bertz CT molecular complexity index is 257. The molecule has 0 aromatic rings. The molecule has 0 heterocycles. The minimum atomic E-state index is -0.595. The summed E-state index contributed by atoms with van der Waals surface area (Å²) < 4.78 is 0. The van der Waals surface area contributed by atoms with Crippen LogP contribution in [0.4, 0.5) is 0 Å². The molecule has 4 heteroatoms. The summed E-state index contributed by atoms with van der Waals surface area (Å²) in [6.07, 6.45) is 3.58. The lowest BCUT2D eigenvalue weighted by molar-refractivity contribution is -0.131. The first kappa shape index (κ1) is 12.7. The van der Waals surface area contributed by atoms with Crippen molar-refractivity contribution in [3.63, 3.8) is 0 Å². The van der Waals surface area contributed by atoms with Crippen LogP contribution in [0.2, 0.25) is 0 Å². The summed E-state index contributed by atoms with van der Waals surface area (Å²) in [4.78, 5) is 23.0. The first-order valence-electron chi connectivity index (χ1n) is 5.38. The van der Waals surface area contributed by atoms with E-state index in [1.165, 1.54) is 6.92 Å². The van der Waals surface area contributed by atoms with E-state index in [-0.39, 0.29) is 11.7 Å². The smallest absolute Gasteiger partial charge is 0.217 e. The van der Waals surface area contributed by atoms with Crippen LogP contribution in [0, 0.1) is 5.92 Å². The van der Waals surface area contributed by atoms with Crippen LogP contribution in [0.5, 0.6) is 0 Å². The number of halogens is 1. The number of carbonyl (C=O) groups is 2. The van der Waals surface area contributed by atoms with Crippen molar-refractivity contribution in [1.29, 1.82) is 0 Å². The van der Waals surface area contributed by atoms with Crippen molar-refractivity contribution in [2.24, 2.45) is 5.92 Å². The summed E-state index contributed by atoms with van der Waals surface area (Å²) in [5, 5.41) is 3.17. The van der Waals surface area contributed by atoms with E-state index in [0.717, 1.165) is 25.7 Å². The highest BCUT2D eigenvalue weighted by atomic mass is 79.9. The van der Waals surface area contributed by atoms with Crippen molar-refractivity contribution in [2.45, 2.75) is 45.1 Å². The predicted molar refractivity (Wildman–Crippen MR) is 63.0 cm³/mol. The maximum atomic E-state index is 11.9. The standard InChI is InChI=1S/C11H18BrNO2/c1-8-3-5-11(6-4-8,10(15)7-12)13-9(2)14/h8H,3-7H2,1-2H3,(H,13,14). The third kappa shape index (κ3) is 3.03. The Morgan fingerprint density at radius 3 is 2.33 bits per heavy atom. The highest BCUT2D eigenvalue weighted by Crippen LogP contribution is 2.33. The van der Waals surface area contributed by atoms with Gasteiger partial charge < -0.3 is 5.32 Å². The number of amides is 1. The number of ketones is 1. The Morgan fingerprint density at radius 1 is 1.40 bits per heavy atom. The molecular formula is C11H18BrNO2. The lowest BCUT2D eigenvalue weighted by atomic mass is 9.75.